The molecule has 0 radical (unpaired) electrons. The van der Waals surface area contributed by atoms with Gasteiger partial charge in [-0.15, -0.1) is 0 Å². The van der Waals surface area contributed by atoms with Crippen molar-refractivity contribution >= 4 is 11.6 Å². The maximum atomic E-state index is 10.4. The molecule has 0 spiro atoms. The number of pyridine rings is 1. The van der Waals surface area contributed by atoms with Crippen LogP contribution in [0.2, 0.25) is 5.15 Å². The highest BCUT2D eigenvalue weighted by molar-refractivity contribution is 6.29. The van der Waals surface area contributed by atoms with E-state index in [1.807, 2.05) is 11.0 Å². The third kappa shape index (κ3) is 3.07. The van der Waals surface area contributed by atoms with Crippen LogP contribution in [-0.2, 0) is 6.54 Å². The molecule has 0 atom stereocenters. The van der Waals surface area contributed by atoms with E-state index in [1.54, 1.807) is 12.3 Å². The minimum atomic E-state index is -0.458. The summed E-state index contributed by atoms with van der Waals surface area (Å²) >= 11 is 5.78. The molecule has 1 saturated heterocycles. The van der Waals surface area contributed by atoms with E-state index in [4.69, 9.17) is 11.6 Å². The lowest BCUT2D eigenvalue weighted by Crippen LogP contribution is -2.20. The Balaban J connectivity index is 2.10. The number of rotatable bonds is 3. The molecule has 7 heteroatoms. The van der Waals surface area contributed by atoms with E-state index in [-0.39, 0.29) is 0 Å². The summed E-state index contributed by atoms with van der Waals surface area (Å²) in [5, 5.41) is 13.8. The van der Waals surface area contributed by atoms with E-state index < -0.39 is 4.92 Å². The van der Waals surface area contributed by atoms with Gasteiger partial charge >= 0.3 is 0 Å². The van der Waals surface area contributed by atoms with Crippen LogP contribution in [0.25, 0.3) is 0 Å². The third-order valence-electron chi connectivity index (χ3n) is 2.42. The zero-order chi connectivity index (χ0) is 12.3. The van der Waals surface area contributed by atoms with Crippen molar-refractivity contribution in [3.63, 3.8) is 0 Å². The highest BCUT2D eigenvalue weighted by atomic mass is 35.5. The summed E-state index contributed by atoms with van der Waals surface area (Å²) in [5.41, 5.74) is 0.975. The molecule has 2 heterocycles. The van der Waals surface area contributed by atoms with Crippen LogP contribution in [0.15, 0.2) is 30.4 Å². The first-order valence-corrected chi connectivity index (χ1v) is 5.47. The van der Waals surface area contributed by atoms with Gasteiger partial charge in [-0.3, -0.25) is 10.1 Å². The average molecular weight is 255 g/mol. The van der Waals surface area contributed by atoms with Crippen molar-refractivity contribution < 1.29 is 4.92 Å². The van der Waals surface area contributed by atoms with E-state index >= 15 is 0 Å². The Kier molecular flexibility index (Phi) is 3.43. The van der Waals surface area contributed by atoms with Crippen LogP contribution in [0, 0.1) is 10.1 Å². The Morgan fingerprint density at radius 2 is 2.53 bits per heavy atom. The second kappa shape index (κ2) is 5.01. The summed E-state index contributed by atoms with van der Waals surface area (Å²) < 4.78 is 0. The van der Waals surface area contributed by atoms with Crippen LogP contribution in [0.5, 0.6) is 0 Å². The standard InChI is InChI=1S/C10H11ClN4O2/c11-9-5-8(1-2-12-9)6-14-4-3-13-10(14)7-15(16)17/h1-2,5,7,13H,3-4,6H2/b10-7+. The minimum Gasteiger partial charge on any atom is -0.365 e. The molecule has 0 saturated carbocycles. The van der Waals surface area contributed by atoms with Crippen molar-refractivity contribution in [1.29, 1.82) is 0 Å². The van der Waals surface area contributed by atoms with Gasteiger partial charge in [-0.2, -0.15) is 0 Å². The molecule has 1 aromatic heterocycles. The van der Waals surface area contributed by atoms with Crippen molar-refractivity contribution in [1.82, 2.24) is 15.2 Å². The quantitative estimate of drug-likeness (QED) is 0.499. The summed E-state index contributed by atoms with van der Waals surface area (Å²) in [5.74, 6) is 0.530. The Hall–Kier alpha value is -1.82. The van der Waals surface area contributed by atoms with Crippen LogP contribution in [0.4, 0.5) is 0 Å². The van der Waals surface area contributed by atoms with Gasteiger partial charge in [0.2, 0.25) is 0 Å². The number of halogens is 1. The molecule has 1 aliphatic rings. The zero-order valence-electron chi connectivity index (χ0n) is 8.97. The Morgan fingerprint density at radius 3 is 3.24 bits per heavy atom. The molecule has 1 aromatic rings. The molecule has 0 aromatic carbocycles. The van der Waals surface area contributed by atoms with Crippen molar-refractivity contribution in [3.8, 4) is 0 Å². The largest absolute Gasteiger partial charge is 0.365 e. The summed E-state index contributed by atoms with van der Waals surface area (Å²) in [6, 6.07) is 3.59. The molecule has 0 aliphatic carbocycles. The lowest BCUT2D eigenvalue weighted by atomic mass is 10.2. The van der Waals surface area contributed by atoms with E-state index in [9.17, 15) is 10.1 Å². The van der Waals surface area contributed by atoms with Crippen molar-refractivity contribution in [2.24, 2.45) is 0 Å². The molecular formula is C10H11ClN4O2. The smallest absolute Gasteiger partial charge is 0.274 e. The van der Waals surface area contributed by atoms with Crippen LogP contribution in [0.3, 0.4) is 0 Å². The monoisotopic (exact) mass is 254 g/mol. The van der Waals surface area contributed by atoms with E-state index in [0.29, 0.717) is 24.1 Å². The van der Waals surface area contributed by atoms with Crippen molar-refractivity contribution in [3.05, 3.63) is 51.2 Å². The normalized spacial score (nSPS) is 17.2. The molecule has 2 rings (SSSR count). The third-order valence-corrected chi connectivity index (χ3v) is 2.63. The van der Waals surface area contributed by atoms with E-state index in [2.05, 4.69) is 10.3 Å². The predicted octanol–water partition coefficient (Wildman–Crippen LogP) is 1.22. The molecule has 0 unspecified atom stereocenters. The molecule has 0 amide bonds. The second-order valence-electron chi connectivity index (χ2n) is 3.63. The first-order valence-electron chi connectivity index (χ1n) is 5.10. The molecule has 1 fully saturated rings. The molecule has 0 bridgehead atoms. The molecule has 1 N–H and O–H groups in total. The molecule has 1 aliphatic heterocycles. The first-order chi connectivity index (χ1) is 8.15. The summed E-state index contributed by atoms with van der Waals surface area (Å²) in [4.78, 5) is 15.8. The van der Waals surface area contributed by atoms with Gasteiger partial charge in [-0.1, -0.05) is 11.6 Å². The number of aromatic nitrogens is 1. The zero-order valence-corrected chi connectivity index (χ0v) is 9.72. The summed E-state index contributed by atoms with van der Waals surface area (Å²) in [6.07, 6.45) is 2.61. The fourth-order valence-corrected chi connectivity index (χ4v) is 1.90. The molecule has 17 heavy (non-hydrogen) atoms. The number of nitro groups is 1. The Bertz CT molecular complexity index is 463. The minimum absolute atomic E-state index is 0.425. The van der Waals surface area contributed by atoms with Crippen molar-refractivity contribution in [2.45, 2.75) is 6.54 Å². The van der Waals surface area contributed by atoms with Crippen molar-refractivity contribution in [2.75, 3.05) is 13.1 Å². The van der Waals surface area contributed by atoms with Gasteiger partial charge < -0.3 is 10.2 Å². The highest BCUT2D eigenvalue weighted by Gasteiger charge is 2.19. The van der Waals surface area contributed by atoms with Crippen LogP contribution in [0.1, 0.15) is 5.56 Å². The molecule has 90 valence electrons. The molecule has 6 nitrogen and oxygen atoms in total. The molecular weight excluding hydrogens is 244 g/mol. The first kappa shape index (κ1) is 11.7. The number of hydrogen-bond acceptors (Lipinski definition) is 5. The van der Waals surface area contributed by atoms with Gasteiger partial charge in [-0.25, -0.2) is 4.98 Å². The van der Waals surface area contributed by atoms with Crippen LogP contribution in [-0.4, -0.2) is 27.9 Å². The maximum Gasteiger partial charge on any atom is 0.274 e. The number of nitrogens with zero attached hydrogens (tertiary/aromatic N) is 3. The second-order valence-corrected chi connectivity index (χ2v) is 4.02. The number of nitrogens with one attached hydrogen (secondary N) is 1. The number of hydrogen-bond donors (Lipinski definition) is 1. The maximum absolute atomic E-state index is 10.4. The highest BCUT2D eigenvalue weighted by Crippen LogP contribution is 2.14. The van der Waals surface area contributed by atoms with Gasteiger partial charge in [0.1, 0.15) is 5.15 Å². The van der Waals surface area contributed by atoms with E-state index in [0.717, 1.165) is 18.3 Å². The average Bonchev–Trinajstić information content (AvgIpc) is 2.65. The van der Waals surface area contributed by atoms with Gasteiger partial charge in [0, 0.05) is 25.8 Å². The van der Waals surface area contributed by atoms with Crippen LogP contribution >= 0.6 is 11.6 Å². The summed E-state index contributed by atoms with van der Waals surface area (Å²) in [7, 11) is 0. The van der Waals surface area contributed by atoms with Gasteiger partial charge in [-0.05, 0) is 17.7 Å². The lowest BCUT2D eigenvalue weighted by molar-refractivity contribution is -0.404. The van der Waals surface area contributed by atoms with Gasteiger partial charge in [0.05, 0.1) is 4.92 Å². The topological polar surface area (TPSA) is 71.3 Å². The Morgan fingerprint density at radius 1 is 1.71 bits per heavy atom. The Labute approximate surface area is 103 Å². The van der Waals surface area contributed by atoms with Crippen LogP contribution < -0.4 is 5.32 Å². The lowest BCUT2D eigenvalue weighted by Gasteiger charge is -2.16. The fourth-order valence-electron chi connectivity index (χ4n) is 1.70. The van der Waals surface area contributed by atoms with Gasteiger partial charge in [0.15, 0.2) is 5.82 Å². The summed E-state index contributed by atoms with van der Waals surface area (Å²) in [6.45, 7) is 2.02. The fraction of sp³-hybridized carbons (Fsp3) is 0.300. The van der Waals surface area contributed by atoms with Gasteiger partial charge in [0.25, 0.3) is 6.20 Å². The van der Waals surface area contributed by atoms with E-state index in [1.165, 1.54) is 0 Å². The predicted molar refractivity (Wildman–Crippen MR) is 62.7 cm³/mol. The SMILES string of the molecule is O=[N+]([O-])/C=C1\NCCN1Cc1ccnc(Cl)c1.